The van der Waals surface area contributed by atoms with E-state index in [-0.39, 0.29) is 5.69 Å². The zero-order chi connectivity index (χ0) is 16.5. The Bertz CT molecular complexity index is 1050. The Labute approximate surface area is 137 Å². The molecule has 0 radical (unpaired) electrons. The summed E-state index contributed by atoms with van der Waals surface area (Å²) in [6, 6.07) is 16.8. The van der Waals surface area contributed by atoms with Gasteiger partial charge in [-0.2, -0.15) is 4.68 Å². The number of aromatic nitrogens is 4. The molecule has 0 amide bonds. The Morgan fingerprint density at radius 2 is 1.75 bits per heavy atom. The molecule has 118 valence electrons. The van der Waals surface area contributed by atoms with Crippen LogP contribution < -0.4 is 10.4 Å². The average Bonchev–Trinajstić information content (AvgIpc) is 2.99. The fraction of sp³-hybridized carbons (Fsp3) is 0.0556. The monoisotopic (exact) mass is 318 g/mol. The van der Waals surface area contributed by atoms with E-state index in [0.717, 1.165) is 16.9 Å². The zero-order valence-electron chi connectivity index (χ0n) is 13.0. The first kappa shape index (κ1) is 14.2. The quantitative estimate of drug-likeness (QED) is 0.582. The Kier molecular flexibility index (Phi) is 3.35. The molecule has 0 aliphatic rings. The predicted molar refractivity (Wildman–Crippen MR) is 90.6 cm³/mol. The number of hydrogen-bond donors (Lipinski definition) is 0. The number of benzene rings is 1. The molecule has 0 spiro atoms. The highest BCUT2D eigenvalue weighted by molar-refractivity contribution is 5.65. The van der Waals surface area contributed by atoms with Crippen LogP contribution in [0, 0.1) is 0 Å². The van der Waals surface area contributed by atoms with Crippen LogP contribution >= 0.6 is 0 Å². The topological polar surface area (TPSA) is 61.4 Å². The van der Waals surface area contributed by atoms with Gasteiger partial charge in [-0.05, 0) is 47.5 Å². The molecule has 0 saturated heterocycles. The molecule has 0 aliphatic carbocycles. The van der Waals surface area contributed by atoms with E-state index >= 15 is 0 Å². The predicted octanol–water partition coefficient (Wildman–Crippen LogP) is 2.56. The highest BCUT2D eigenvalue weighted by Gasteiger charge is 2.10. The SMILES string of the molecule is COc1ccc(-c2ccc3nn(-c4ccccn4)c(=O)n3c2)cc1. The molecule has 0 unspecified atom stereocenters. The van der Waals surface area contributed by atoms with Gasteiger partial charge >= 0.3 is 5.69 Å². The van der Waals surface area contributed by atoms with Crippen LogP contribution in [0.3, 0.4) is 0 Å². The maximum Gasteiger partial charge on any atom is 0.356 e. The van der Waals surface area contributed by atoms with Gasteiger partial charge in [-0.1, -0.05) is 18.2 Å². The third-order valence-electron chi connectivity index (χ3n) is 3.81. The Morgan fingerprint density at radius 3 is 2.46 bits per heavy atom. The Morgan fingerprint density at radius 1 is 0.958 bits per heavy atom. The summed E-state index contributed by atoms with van der Waals surface area (Å²) in [5, 5.41) is 4.33. The number of ether oxygens (including phenoxy) is 1. The van der Waals surface area contributed by atoms with E-state index in [4.69, 9.17) is 4.74 Å². The van der Waals surface area contributed by atoms with E-state index < -0.39 is 0 Å². The maximum absolute atomic E-state index is 12.6. The van der Waals surface area contributed by atoms with Crippen molar-refractivity contribution in [2.24, 2.45) is 0 Å². The first-order valence-corrected chi connectivity index (χ1v) is 7.43. The molecule has 0 N–H and O–H groups in total. The molecule has 24 heavy (non-hydrogen) atoms. The van der Waals surface area contributed by atoms with Crippen molar-refractivity contribution >= 4 is 5.65 Å². The van der Waals surface area contributed by atoms with E-state index in [1.54, 1.807) is 31.6 Å². The van der Waals surface area contributed by atoms with Crippen molar-refractivity contribution in [3.05, 3.63) is 77.5 Å². The minimum absolute atomic E-state index is 0.251. The minimum atomic E-state index is -0.251. The standard InChI is InChI=1S/C18H14N4O2/c1-24-15-8-5-13(6-9-15)14-7-10-17-20-22(18(23)21(17)12-14)16-4-2-3-11-19-16/h2-12H,1H3. The smallest absolute Gasteiger partial charge is 0.356 e. The molecule has 1 aromatic carbocycles. The highest BCUT2D eigenvalue weighted by atomic mass is 16.5. The largest absolute Gasteiger partial charge is 0.497 e. The molecule has 6 heteroatoms. The second-order valence-corrected chi connectivity index (χ2v) is 5.26. The van der Waals surface area contributed by atoms with Crippen molar-refractivity contribution in [1.82, 2.24) is 19.2 Å². The van der Waals surface area contributed by atoms with Gasteiger partial charge in [0.1, 0.15) is 5.75 Å². The number of methoxy groups -OCH3 is 1. The Balaban J connectivity index is 1.83. The fourth-order valence-corrected chi connectivity index (χ4v) is 2.56. The van der Waals surface area contributed by atoms with Crippen molar-refractivity contribution in [1.29, 1.82) is 0 Å². The summed E-state index contributed by atoms with van der Waals surface area (Å²) in [5.41, 5.74) is 2.24. The molecule has 0 fully saturated rings. The summed E-state index contributed by atoms with van der Waals surface area (Å²) in [6.07, 6.45) is 3.42. The van der Waals surface area contributed by atoms with E-state index in [1.807, 2.05) is 42.5 Å². The normalized spacial score (nSPS) is 10.9. The van der Waals surface area contributed by atoms with Crippen molar-refractivity contribution in [3.63, 3.8) is 0 Å². The molecular formula is C18H14N4O2. The number of pyridine rings is 2. The summed E-state index contributed by atoms with van der Waals surface area (Å²) in [7, 11) is 1.63. The molecule has 6 nitrogen and oxygen atoms in total. The first-order valence-electron chi connectivity index (χ1n) is 7.43. The third kappa shape index (κ3) is 2.34. The molecule has 4 aromatic rings. The summed E-state index contributed by atoms with van der Waals surface area (Å²) >= 11 is 0. The third-order valence-corrected chi connectivity index (χ3v) is 3.81. The number of hydrogen-bond acceptors (Lipinski definition) is 4. The zero-order valence-corrected chi connectivity index (χ0v) is 13.0. The molecule has 3 aromatic heterocycles. The van der Waals surface area contributed by atoms with Crippen LogP contribution in [0.4, 0.5) is 0 Å². The average molecular weight is 318 g/mol. The van der Waals surface area contributed by atoms with Gasteiger partial charge in [-0.25, -0.2) is 14.2 Å². The van der Waals surface area contributed by atoms with Crippen LogP contribution in [0.5, 0.6) is 5.75 Å². The van der Waals surface area contributed by atoms with Crippen LogP contribution in [-0.4, -0.2) is 26.3 Å². The Hall–Kier alpha value is -3.41. The first-order chi connectivity index (χ1) is 11.8. The van der Waals surface area contributed by atoms with Gasteiger partial charge in [0.05, 0.1) is 7.11 Å². The molecule has 0 bridgehead atoms. The number of fused-ring (bicyclic) bond motifs is 1. The van der Waals surface area contributed by atoms with Crippen LogP contribution in [0.25, 0.3) is 22.6 Å². The lowest BCUT2D eigenvalue weighted by Gasteiger charge is -2.04. The minimum Gasteiger partial charge on any atom is -0.497 e. The van der Waals surface area contributed by atoms with Crippen LogP contribution in [-0.2, 0) is 0 Å². The van der Waals surface area contributed by atoms with E-state index in [9.17, 15) is 4.79 Å². The van der Waals surface area contributed by atoms with Gasteiger partial charge in [-0.15, -0.1) is 5.10 Å². The van der Waals surface area contributed by atoms with Gasteiger partial charge in [-0.3, -0.25) is 0 Å². The van der Waals surface area contributed by atoms with Gasteiger partial charge in [0.2, 0.25) is 0 Å². The lowest BCUT2D eigenvalue weighted by Crippen LogP contribution is -2.20. The molecule has 0 aliphatic heterocycles. The highest BCUT2D eigenvalue weighted by Crippen LogP contribution is 2.22. The lowest BCUT2D eigenvalue weighted by atomic mass is 10.1. The van der Waals surface area contributed by atoms with Crippen LogP contribution in [0.1, 0.15) is 0 Å². The van der Waals surface area contributed by atoms with Gasteiger partial charge in [0.15, 0.2) is 11.5 Å². The van der Waals surface area contributed by atoms with Crippen LogP contribution in [0.2, 0.25) is 0 Å². The summed E-state index contributed by atoms with van der Waals surface area (Å²) < 4.78 is 7.99. The van der Waals surface area contributed by atoms with Crippen molar-refractivity contribution in [3.8, 4) is 22.7 Å². The van der Waals surface area contributed by atoms with Crippen molar-refractivity contribution in [2.75, 3.05) is 7.11 Å². The van der Waals surface area contributed by atoms with Crippen LogP contribution in [0.15, 0.2) is 71.8 Å². The summed E-state index contributed by atoms with van der Waals surface area (Å²) in [4.78, 5) is 16.8. The molecule has 4 rings (SSSR count). The second kappa shape index (κ2) is 5.66. The van der Waals surface area contributed by atoms with E-state index in [0.29, 0.717) is 11.5 Å². The van der Waals surface area contributed by atoms with E-state index in [2.05, 4.69) is 10.1 Å². The number of nitrogens with zero attached hydrogens (tertiary/aromatic N) is 4. The van der Waals surface area contributed by atoms with Gasteiger partial charge < -0.3 is 4.74 Å². The lowest BCUT2D eigenvalue weighted by molar-refractivity contribution is 0.415. The molecule has 0 atom stereocenters. The molecule has 0 saturated carbocycles. The van der Waals surface area contributed by atoms with Gasteiger partial charge in [0, 0.05) is 12.4 Å². The van der Waals surface area contributed by atoms with Crippen molar-refractivity contribution < 1.29 is 4.74 Å². The summed E-state index contributed by atoms with van der Waals surface area (Å²) in [5.74, 6) is 1.29. The second-order valence-electron chi connectivity index (χ2n) is 5.26. The summed E-state index contributed by atoms with van der Waals surface area (Å²) in [6.45, 7) is 0. The van der Waals surface area contributed by atoms with Crippen molar-refractivity contribution in [2.45, 2.75) is 0 Å². The van der Waals surface area contributed by atoms with E-state index in [1.165, 1.54) is 9.08 Å². The fourth-order valence-electron chi connectivity index (χ4n) is 2.56. The van der Waals surface area contributed by atoms with Gasteiger partial charge in [0.25, 0.3) is 0 Å². The molecule has 3 heterocycles. The maximum atomic E-state index is 12.6. The number of rotatable bonds is 3. The molecular weight excluding hydrogens is 304 g/mol.